The Bertz CT molecular complexity index is 912. The average Bonchev–Trinajstić information content (AvgIpc) is 2.80. The number of carbonyl (C=O) groups excluding carboxylic acids is 2. The van der Waals surface area contributed by atoms with Crippen LogP contribution < -0.4 is 29.7 Å². The molecule has 0 aliphatic carbocycles. The van der Waals surface area contributed by atoms with Crippen molar-refractivity contribution in [1.29, 1.82) is 0 Å². The Balaban J connectivity index is 1.89. The minimum Gasteiger partial charge on any atom is -0.494 e. The Labute approximate surface area is 181 Å². The van der Waals surface area contributed by atoms with Gasteiger partial charge < -0.3 is 24.3 Å². The highest BCUT2D eigenvalue weighted by Crippen LogP contribution is 2.38. The summed E-state index contributed by atoms with van der Waals surface area (Å²) in [5, 5.41) is 6.44. The van der Waals surface area contributed by atoms with E-state index in [1.807, 2.05) is 6.92 Å². The molecular weight excluding hydrogens is 402 g/mol. The van der Waals surface area contributed by atoms with Gasteiger partial charge in [0.05, 0.1) is 40.7 Å². The summed E-state index contributed by atoms with van der Waals surface area (Å²) in [6.07, 6.45) is 2.31. The molecule has 2 aromatic carbocycles. The lowest BCUT2D eigenvalue weighted by Gasteiger charge is -2.13. The second-order valence-corrected chi connectivity index (χ2v) is 6.27. The van der Waals surface area contributed by atoms with Crippen molar-refractivity contribution >= 4 is 18.0 Å². The number of hydrazone groups is 1. The van der Waals surface area contributed by atoms with E-state index >= 15 is 0 Å². The summed E-state index contributed by atoms with van der Waals surface area (Å²) in [6.45, 7) is 2.40. The molecule has 0 saturated carbocycles. The minimum atomic E-state index is -0.480. The molecular formula is C22H27N3O6. The molecule has 0 fully saturated rings. The Kier molecular flexibility index (Phi) is 9.15. The molecule has 2 N–H and O–H groups in total. The van der Waals surface area contributed by atoms with Crippen molar-refractivity contribution < 1.29 is 28.5 Å². The summed E-state index contributed by atoms with van der Waals surface area (Å²) in [7, 11) is 4.51. The SMILES string of the molecule is CCCOc1ccc(C(=O)NCC(=O)NN=Cc2ccc(OC)c(OC)c2OC)cc1. The fraction of sp³-hybridized carbons (Fsp3) is 0.318. The molecule has 0 aliphatic heterocycles. The fourth-order valence-electron chi connectivity index (χ4n) is 2.62. The van der Waals surface area contributed by atoms with Gasteiger partial charge in [-0.1, -0.05) is 6.92 Å². The van der Waals surface area contributed by atoms with Crippen molar-refractivity contribution in [3.63, 3.8) is 0 Å². The number of ether oxygens (including phenoxy) is 4. The van der Waals surface area contributed by atoms with Crippen molar-refractivity contribution in [3.05, 3.63) is 47.5 Å². The first-order valence-corrected chi connectivity index (χ1v) is 9.65. The van der Waals surface area contributed by atoms with Crippen molar-refractivity contribution in [3.8, 4) is 23.0 Å². The van der Waals surface area contributed by atoms with Crippen LogP contribution in [0.5, 0.6) is 23.0 Å². The molecule has 0 saturated heterocycles. The van der Waals surface area contributed by atoms with E-state index in [1.165, 1.54) is 27.5 Å². The number of nitrogens with one attached hydrogen (secondary N) is 2. The van der Waals surface area contributed by atoms with E-state index in [0.29, 0.717) is 40.7 Å². The van der Waals surface area contributed by atoms with E-state index in [2.05, 4.69) is 15.8 Å². The molecule has 0 atom stereocenters. The number of rotatable bonds is 11. The van der Waals surface area contributed by atoms with Gasteiger partial charge in [-0.15, -0.1) is 0 Å². The van der Waals surface area contributed by atoms with Crippen molar-refractivity contribution in [2.45, 2.75) is 13.3 Å². The molecule has 0 aromatic heterocycles. The molecule has 0 heterocycles. The van der Waals surface area contributed by atoms with Gasteiger partial charge in [0.2, 0.25) is 5.75 Å². The van der Waals surface area contributed by atoms with Crippen molar-refractivity contribution in [2.75, 3.05) is 34.5 Å². The molecule has 31 heavy (non-hydrogen) atoms. The van der Waals surface area contributed by atoms with E-state index < -0.39 is 5.91 Å². The molecule has 0 aliphatic rings. The third kappa shape index (κ3) is 6.63. The second kappa shape index (κ2) is 12.1. The summed E-state index contributed by atoms with van der Waals surface area (Å²) < 4.78 is 21.4. The van der Waals surface area contributed by atoms with Gasteiger partial charge >= 0.3 is 0 Å². The van der Waals surface area contributed by atoms with E-state index in [0.717, 1.165) is 6.42 Å². The number of carbonyl (C=O) groups is 2. The van der Waals surface area contributed by atoms with Crippen LogP contribution in [-0.2, 0) is 4.79 Å². The first kappa shape index (κ1) is 23.5. The van der Waals surface area contributed by atoms with Crippen LogP contribution in [-0.4, -0.2) is 52.5 Å². The molecule has 2 aromatic rings. The van der Waals surface area contributed by atoms with Crippen LogP contribution in [0.15, 0.2) is 41.5 Å². The summed E-state index contributed by atoms with van der Waals surface area (Å²) in [4.78, 5) is 24.2. The highest BCUT2D eigenvalue weighted by atomic mass is 16.5. The Hall–Kier alpha value is -3.75. The number of amides is 2. The lowest BCUT2D eigenvalue weighted by Crippen LogP contribution is -2.34. The van der Waals surface area contributed by atoms with Crippen LogP contribution in [0, 0.1) is 0 Å². The molecule has 0 bridgehead atoms. The maximum absolute atomic E-state index is 12.2. The Morgan fingerprint density at radius 3 is 2.29 bits per heavy atom. The Morgan fingerprint density at radius 2 is 1.68 bits per heavy atom. The molecule has 0 radical (unpaired) electrons. The third-order valence-electron chi connectivity index (χ3n) is 4.13. The summed E-state index contributed by atoms with van der Waals surface area (Å²) in [5.74, 6) is 1.18. The number of hydrogen-bond donors (Lipinski definition) is 2. The first-order chi connectivity index (χ1) is 15.0. The summed E-state index contributed by atoms with van der Waals surface area (Å²) in [5.41, 5.74) is 3.36. The molecule has 0 spiro atoms. The van der Waals surface area contributed by atoms with Crippen LogP contribution in [0.4, 0.5) is 0 Å². The van der Waals surface area contributed by atoms with Crippen LogP contribution in [0.25, 0.3) is 0 Å². The second-order valence-electron chi connectivity index (χ2n) is 6.27. The number of benzene rings is 2. The maximum Gasteiger partial charge on any atom is 0.259 e. The first-order valence-electron chi connectivity index (χ1n) is 9.65. The van der Waals surface area contributed by atoms with Gasteiger partial charge in [0, 0.05) is 11.1 Å². The summed E-state index contributed by atoms with van der Waals surface area (Å²) >= 11 is 0. The third-order valence-corrected chi connectivity index (χ3v) is 4.13. The zero-order valence-electron chi connectivity index (χ0n) is 18.1. The average molecular weight is 429 g/mol. The van der Waals surface area contributed by atoms with E-state index in [1.54, 1.807) is 36.4 Å². The zero-order valence-corrected chi connectivity index (χ0v) is 18.1. The number of nitrogens with zero attached hydrogens (tertiary/aromatic N) is 1. The van der Waals surface area contributed by atoms with E-state index in [9.17, 15) is 9.59 Å². The van der Waals surface area contributed by atoms with Crippen molar-refractivity contribution in [1.82, 2.24) is 10.7 Å². The molecule has 2 rings (SSSR count). The van der Waals surface area contributed by atoms with Gasteiger partial charge in [-0.3, -0.25) is 9.59 Å². The number of hydrogen-bond acceptors (Lipinski definition) is 7. The van der Waals surface area contributed by atoms with Crippen LogP contribution in [0.2, 0.25) is 0 Å². The van der Waals surface area contributed by atoms with Gasteiger partial charge in [-0.25, -0.2) is 5.43 Å². The van der Waals surface area contributed by atoms with Gasteiger partial charge in [-0.2, -0.15) is 5.10 Å². The Morgan fingerprint density at radius 1 is 0.968 bits per heavy atom. The standard InChI is InChI=1S/C22H27N3O6/c1-5-12-31-17-9-6-15(7-10-17)22(27)23-14-19(26)25-24-13-16-8-11-18(28-2)21(30-4)20(16)29-3/h6-11,13H,5,12,14H2,1-4H3,(H,23,27)(H,25,26). The van der Waals surface area contributed by atoms with E-state index in [-0.39, 0.29) is 12.5 Å². The smallest absolute Gasteiger partial charge is 0.259 e. The van der Waals surface area contributed by atoms with Gasteiger partial charge in [0.1, 0.15) is 5.75 Å². The highest BCUT2D eigenvalue weighted by molar-refractivity contribution is 5.96. The minimum absolute atomic E-state index is 0.229. The zero-order chi connectivity index (χ0) is 22.6. The largest absolute Gasteiger partial charge is 0.494 e. The normalized spacial score (nSPS) is 10.5. The number of methoxy groups -OCH3 is 3. The lowest BCUT2D eigenvalue weighted by atomic mass is 10.2. The molecule has 166 valence electrons. The van der Waals surface area contributed by atoms with Gasteiger partial charge in [0.25, 0.3) is 11.8 Å². The highest BCUT2D eigenvalue weighted by Gasteiger charge is 2.14. The van der Waals surface area contributed by atoms with Gasteiger partial charge in [-0.05, 0) is 42.8 Å². The quantitative estimate of drug-likeness (QED) is 0.420. The molecule has 0 unspecified atom stereocenters. The van der Waals surface area contributed by atoms with Crippen LogP contribution in [0.1, 0.15) is 29.3 Å². The molecule has 9 heteroatoms. The lowest BCUT2D eigenvalue weighted by molar-refractivity contribution is -0.120. The molecule has 9 nitrogen and oxygen atoms in total. The van der Waals surface area contributed by atoms with Crippen LogP contribution >= 0.6 is 0 Å². The predicted octanol–water partition coefficient (Wildman–Crippen LogP) is 2.38. The van der Waals surface area contributed by atoms with Gasteiger partial charge in [0.15, 0.2) is 11.5 Å². The topological polar surface area (TPSA) is 107 Å². The van der Waals surface area contributed by atoms with Crippen molar-refractivity contribution in [2.24, 2.45) is 5.10 Å². The maximum atomic E-state index is 12.2. The van der Waals surface area contributed by atoms with Crippen LogP contribution in [0.3, 0.4) is 0 Å². The summed E-state index contributed by atoms with van der Waals surface area (Å²) in [6, 6.07) is 10.1. The predicted molar refractivity (Wildman–Crippen MR) is 116 cm³/mol. The fourth-order valence-corrected chi connectivity index (χ4v) is 2.62. The molecule has 2 amide bonds. The monoisotopic (exact) mass is 429 g/mol. The van der Waals surface area contributed by atoms with E-state index in [4.69, 9.17) is 18.9 Å².